The van der Waals surface area contributed by atoms with E-state index < -0.39 is 0 Å². The predicted octanol–water partition coefficient (Wildman–Crippen LogP) is 5.86. The van der Waals surface area contributed by atoms with Gasteiger partial charge >= 0.3 is 0 Å². The standard InChI is InChI=1S/C22H19IO/c23-18-9-6-16(7-10-18)22-20(15-4-2-1-3-5-15)12-8-17-14-19(24)11-13-21(17)22/h1-7,9-11,13-14,20,22,24H,8,12H2/t20-,22+/m1/s1. The molecule has 120 valence electrons. The number of benzene rings is 3. The molecule has 3 aromatic rings. The fourth-order valence-electron chi connectivity index (χ4n) is 3.95. The molecule has 0 aliphatic heterocycles. The van der Waals surface area contributed by atoms with E-state index in [1.807, 2.05) is 12.1 Å². The van der Waals surface area contributed by atoms with Crippen molar-refractivity contribution in [1.29, 1.82) is 0 Å². The Morgan fingerprint density at radius 3 is 2.33 bits per heavy atom. The first-order chi connectivity index (χ1) is 11.7. The van der Waals surface area contributed by atoms with E-state index in [0.717, 1.165) is 12.8 Å². The molecule has 1 N–H and O–H groups in total. The Balaban J connectivity index is 1.86. The topological polar surface area (TPSA) is 20.2 Å². The Labute approximate surface area is 156 Å². The summed E-state index contributed by atoms with van der Waals surface area (Å²) in [5, 5.41) is 9.86. The third kappa shape index (κ3) is 2.95. The number of aryl methyl sites for hydroxylation is 1. The largest absolute Gasteiger partial charge is 0.508 e. The first-order valence-corrected chi connectivity index (χ1v) is 9.42. The molecule has 1 aliphatic carbocycles. The first kappa shape index (κ1) is 15.7. The second-order valence-corrected chi connectivity index (χ2v) is 7.71. The lowest BCUT2D eigenvalue weighted by molar-refractivity contribution is 0.469. The van der Waals surface area contributed by atoms with Crippen LogP contribution in [0.25, 0.3) is 0 Å². The first-order valence-electron chi connectivity index (χ1n) is 8.34. The van der Waals surface area contributed by atoms with Gasteiger partial charge in [-0.25, -0.2) is 0 Å². The number of fused-ring (bicyclic) bond motifs is 1. The Bertz CT molecular complexity index is 840. The van der Waals surface area contributed by atoms with Crippen molar-refractivity contribution in [2.45, 2.75) is 24.7 Å². The minimum absolute atomic E-state index is 0.341. The summed E-state index contributed by atoms with van der Waals surface area (Å²) in [5.41, 5.74) is 5.40. The predicted molar refractivity (Wildman–Crippen MR) is 107 cm³/mol. The van der Waals surface area contributed by atoms with Crippen LogP contribution in [-0.4, -0.2) is 5.11 Å². The van der Waals surface area contributed by atoms with Gasteiger partial charge in [0.05, 0.1) is 0 Å². The van der Waals surface area contributed by atoms with E-state index in [1.165, 1.54) is 25.8 Å². The molecule has 2 heteroatoms. The van der Waals surface area contributed by atoms with Crippen molar-refractivity contribution in [2.75, 3.05) is 0 Å². The Morgan fingerprint density at radius 2 is 1.58 bits per heavy atom. The van der Waals surface area contributed by atoms with Gasteiger partial charge in [-0.2, -0.15) is 0 Å². The molecule has 0 fully saturated rings. The summed E-state index contributed by atoms with van der Waals surface area (Å²) >= 11 is 2.36. The summed E-state index contributed by atoms with van der Waals surface area (Å²) in [4.78, 5) is 0. The highest BCUT2D eigenvalue weighted by molar-refractivity contribution is 14.1. The third-order valence-corrected chi connectivity index (χ3v) is 5.76. The maximum Gasteiger partial charge on any atom is 0.115 e. The van der Waals surface area contributed by atoms with Crippen molar-refractivity contribution in [1.82, 2.24) is 0 Å². The highest BCUT2D eigenvalue weighted by Gasteiger charge is 2.31. The Hall–Kier alpha value is -1.81. The summed E-state index contributed by atoms with van der Waals surface area (Å²) in [5.74, 6) is 1.19. The molecule has 0 bridgehead atoms. The van der Waals surface area contributed by atoms with Crippen molar-refractivity contribution in [3.05, 3.63) is 98.6 Å². The van der Waals surface area contributed by atoms with Gasteiger partial charge in [0.25, 0.3) is 0 Å². The van der Waals surface area contributed by atoms with Crippen LogP contribution in [0.3, 0.4) is 0 Å². The molecule has 0 saturated carbocycles. The number of phenols is 1. The number of phenolic OH excluding ortho intramolecular Hbond substituents is 1. The van der Waals surface area contributed by atoms with Crippen LogP contribution in [0.1, 0.15) is 40.5 Å². The molecule has 3 aromatic carbocycles. The van der Waals surface area contributed by atoms with Gasteiger partial charge in [0.2, 0.25) is 0 Å². The van der Waals surface area contributed by atoms with Crippen LogP contribution in [0.2, 0.25) is 0 Å². The van der Waals surface area contributed by atoms with Gasteiger partial charge in [-0.15, -0.1) is 0 Å². The van der Waals surface area contributed by atoms with E-state index in [4.69, 9.17) is 0 Å². The quantitative estimate of drug-likeness (QED) is 0.509. The van der Waals surface area contributed by atoms with Crippen molar-refractivity contribution in [2.24, 2.45) is 0 Å². The summed E-state index contributed by atoms with van der Waals surface area (Å²) in [7, 11) is 0. The van der Waals surface area contributed by atoms with Gasteiger partial charge in [0.1, 0.15) is 5.75 Å². The maximum atomic E-state index is 9.86. The molecular formula is C22H19IO. The van der Waals surface area contributed by atoms with Gasteiger partial charge in [0, 0.05) is 9.49 Å². The third-order valence-electron chi connectivity index (χ3n) is 5.05. The summed E-state index contributed by atoms with van der Waals surface area (Å²) < 4.78 is 1.26. The number of rotatable bonds is 2. The Morgan fingerprint density at radius 1 is 0.833 bits per heavy atom. The van der Waals surface area contributed by atoms with Crippen LogP contribution in [0, 0.1) is 3.57 Å². The molecule has 1 aliphatic rings. The van der Waals surface area contributed by atoms with E-state index in [1.54, 1.807) is 0 Å². The van der Waals surface area contributed by atoms with E-state index in [9.17, 15) is 5.11 Å². The van der Waals surface area contributed by atoms with E-state index in [-0.39, 0.29) is 0 Å². The van der Waals surface area contributed by atoms with Crippen LogP contribution < -0.4 is 0 Å². The smallest absolute Gasteiger partial charge is 0.115 e. The molecule has 2 atom stereocenters. The van der Waals surface area contributed by atoms with Crippen LogP contribution in [0.5, 0.6) is 5.75 Å². The van der Waals surface area contributed by atoms with Gasteiger partial charge in [0.15, 0.2) is 0 Å². The lowest BCUT2D eigenvalue weighted by Gasteiger charge is -2.34. The SMILES string of the molecule is Oc1ccc2c(c1)CC[C@H](c1ccccc1)[C@@H]2c1ccc(I)cc1. The molecule has 24 heavy (non-hydrogen) atoms. The fourth-order valence-corrected chi connectivity index (χ4v) is 4.31. The molecule has 0 aromatic heterocycles. The second kappa shape index (κ2) is 6.60. The van der Waals surface area contributed by atoms with Gasteiger partial charge in [-0.3, -0.25) is 0 Å². The lowest BCUT2D eigenvalue weighted by Crippen LogP contribution is -2.20. The highest BCUT2D eigenvalue weighted by Crippen LogP contribution is 2.46. The average Bonchev–Trinajstić information content (AvgIpc) is 2.62. The number of halogens is 1. The van der Waals surface area contributed by atoms with E-state index in [0.29, 0.717) is 17.6 Å². The zero-order valence-corrected chi connectivity index (χ0v) is 15.5. The highest BCUT2D eigenvalue weighted by atomic mass is 127. The number of hydrogen-bond acceptors (Lipinski definition) is 1. The molecule has 0 saturated heterocycles. The molecule has 0 heterocycles. The summed E-state index contributed by atoms with van der Waals surface area (Å²) in [6.07, 6.45) is 2.13. The van der Waals surface area contributed by atoms with Crippen molar-refractivity contribution in [3.63, 3.8) is 0 Å². The van der Waals surface area contributed by atoms with Crippen molar-refractivity contribution >= 4 is 22.6 Å². The minimum Gasteiger partial charge on any atom is -0.508 e. The zero-order chi connectivity index (χ0) is 16.5. The van der Waals surface area contributed by atoms with Crippen LogP contribution in [0.4, 0.5) is 0 Å². The monoisotopic (exact) mass is 426 g/mol. The second-order valence-electron chi connectivity index (χ2n) is 6.47. The van der Waals surface area contributed by atoms with Crippen LogP contribution in [-0.2, 0) is 6.42 Å². The molecule has 0 unspecified atom stereocenters. The van der Waals surface area contributed by atoms with E-state index in [2.05, 4.69) is 83.3 Å². The fraction of sp³-hybridized carbons (Fsp3) is 0.182. The van der Waals surface area contributed by atoms with Gasteiger partial charge in [-0.05, 0) is 87.9 Å². The molecular weight excluding hydrogens is 407 g/mol. The zero-order valence-electron chi connectivity index (χ0n) is 13.3. The molecule has 0 spiro atoms. The molecule has 0 radical (unpaired) electrons. The minimum atomic E-state index is 0.341. The maximum absolute atomic E-state index is 9.86. The van der Waals surface area contributed by atoms with Gasteiger partial charge < -0.3 is 5.11 Å². The van der Waals surface area contributed by atoms with Gasteiger partial charge in [-0.1, -0.05) is 48.5 Å². The summed E-state index contributed by atoms with van der Waals surface area (Å²) in [6.45, 7) is 0. The molecule has 4 rings (SSSR count). The number of aromatic hydroxyl groups is 1. The summed E-state index contributed by atoms with van der Waals surface area (Å²) in [6, 6.07) is 25.6. The van der Waals surface area contributed by atoms with E-state index >= 15 is 0 Å². The normalized spacial score (nSPS) is 19.7. The molecule has 1 nitrogen and oxygen atoms in total. The Kier molecular flexibility index (Phi) is 4.31. The van der Waals surface area contributed by atoms with Crippen molar-refractivity contribution < 1.29 is 5.11 Å². The average molecular weight is 426 g/mol. The number of hydrogen-bond donors (Lipinski definition) is 1. The lowest BCUT2D eigenvalue weighted by atomic mass is 9.69. The van der Waals surface area contributed by atoms with Crippen LogP contribution >= 0.6 is 22.6 Å². The van der Waals surface area contributed by atoms with Crippen molar-refractivity contribution in [3.8, 4) is 5.75 Å². The molecule has 0 amide bonds. The van der Waals surface area contributed by atoms with Crippen LogP contribution in [0.15, 0.2) is 72.8 Å².